The lowest BCUT2D eigenvalue weighted by atomic mass is 10.1. The first-order valence-electron chi connectivity index (χ1n) is 4.90. The number of halogens is 2. The van der Waals surface area contributed by atoms with Crippen molar-refractivity contribution in [2.24, 2.45) is 5.41 Å². The van der Waals surface area contributed by atoms with Gasteiger partial charge in [-0.05, 0) is 50.8 Å². The molecule has 0 saturated heterocycles. The van der Waals surface area contributed by atoms with Gasteiger partial charge in [0.05, 0.1) is 11.0 Å². The first kappa shape index (κ1) is 11.6. The predicted octanol–water partition coefficient (Wildman–Crippen LogP) is 2.67. The molecule has 2 N–H and O–H groups in total. The van der Waals surface area contributed by atoms with Gasteiger partial charge in [-0.2, -0.15) is 0 Å². The van der Waals surface area contributed by atoms with Crippen molar-refractivity contribution in [3.05, 3.63) is 21.0 Å². The number of nitrogens with one attached hydrogen (secondary N) is 1. The zero-order valence-electron chi connectivity index (χ0n) is 8.22. The molecule has 1 heterocycles. The van der Waals surface area contributed by atoms with Crippen molar-refractivity contribution in [1.29, 1.82) is 0 Å². The van der Waals surface area contributed by atoms with Crippen molar-refractivity contribution in [2.75, 3.05) is 13.2 Å². The lowest BCUT2D eigenvalue weighted by molar-refractivity contribution is 0.206. The Morgan fingerprint density at radius 1 is 1.47 bits per heavy atom. The third kappa shape index (κ3) is 2.84. The maximum atomic E-state index is 9.12. The molecule has 1 saturated carbocycles. The lowest BCUT2D eigenvalue weighted by Gasteiger charge is -2.11. The predicted molar refractivity (Wildman–Crippen MR) is 64.6 cm³/mol. The molecule has 1 aromatic heterocycles. The van der Waals surface area contributed by atoms with Gasteiger partial charge in [0.15, 0.2) is 4.67 Å². The molecule has 5 heteroatoms. The summed E-state index contributed by atoms with van der Waals surface area (Å²) in [5.41, 5.74) is 0.154. The Morgan fingerprint density at radius 3 is 2.67 bits per heavy atom. The van der Waals surface area contributed by atoms with Gasteiger partial charge in [0.1, 0.15) is 5.76 Å². The van der Waals surface area contributed by atoms with Crippen LogP contribution in [0.25, 0.3) is 0 Å². The molecule has 1 aliphatic carbocycles. The second-order valence-electron chi connectivity index (χ2n) is 4.10. The molecule has 1 aromatic rings. The largest absolute Gasteiger partial charge is 0.452 e. The molecule has 0 amide bonds. The minimum Gasteiger partial charge on any atom is -0.452 e. The third-order valence-electron chi connectivity index (χ3n) is 2.79. The molecule has 15 heavy (non-hydrogen) atoms. The molecule has 2 rings (SSSR count). The van der Waals surface area contributed by atoms with Gasteiger partial charge in [-0.15, -0.1) is 0 Å². The number of furan rings is 1. The number of hydrogen-bond donors (Lipinski definition) is 2. The normalized spacial score (nSPS) is 18.1. The summed E-state index contributed by atoms with van der Waals surface area (Å²) in [6, 6.07) is 1.94. The standard InChI is InChI=1S/C10H13Br2NO2/c11-8-3-7(15-9(8)12)4-13-5-10(6-14)1-2-10/h3,13-14H,1-2,4-6H2. The maximum absolute atomic E-state index is 9.12. The van der Waals surface area contributed by atoms with Crippen LogP contribution in [-0.2, 0) is 6.54 Å². The van der Waals surface area contributed by atoms with Crippen LogP contribution in [-0.4, -0.2) is 18.3 Å². The average molecular weight is 339 g/mol. The molecule has 0 atom stereocenters. The fourth-order valence-electron chi connectivity index (χ4n) is 1.50. The van der Waals surface area contributed by atoms with Crippen molar-refractivity contribution in [1.82, 2.24) is 5.32 Å². The quantitative estimate of drug-likeness (QED) is 0.867. The van der Waals surface area contributed by atoms with E-state index in [0.717, 1.165) is 34.3 Å². The number of aliphatic hydroxyl groups excluding tert-OH is 1. The summed E-state index contributed by atoms with van der Waals surface area (Å²) in [6.45, 7) is 1.84. The van der Waals surface area contributed by atoms with Crippen LogP contribution >= 0.6 is 31.9 Å². The Morgan fingerprint density at radius 2 is 2.20 bits per heavy atom. The highest BCUT2D eigenvalue weighted by molar-refractivity contribution is 9.13. The molecule has 0 radical (unpaired) electrons. The maximum Gasteiger partial charge on any atom is 0.183 e. The van der Waals surface area contributed by atoms with E-state index < -0.39 is 0 Å². The van der Waals surface area contributed by atoms with Gasteiger partial charge >= 0.3 is 0 Å². The zero-order chi connectivity index (χ0) is 10.9. The van der Waals surface area contributed by atoms with Crippen LogP contribution in [0.15, 0.2) is 19.6 Å². The molecule has 3 nitrogen and oxygen atoms in total. The summed E-state index contributed by atoms with van der Waals surface area (Å²) in [5, 5.41) is 12.4. The second kappa shape index (κ2) is 4.57. The number of rotatable bonds is 5. The summed E-state index contributed by atoms with van der Waals surface area (Å²) in [4.78, 5) is 0. The van der Waals surface area contributed by atoms with E-state index in [0.29, 0.717) is 6.54 Å². The first-order chi connectivity index (χ1) is 7.15. The summed E-state index contributed by atoms with van der Waals surface area (Å²) in [6.07, 6.45) is 2.25. The molecule has 0 spiro atoms. The second-order valence-corrected chi connectivity index (χ2v) is 5.67. The van der Waals surface area contributed by atoms with Crippen LogP contribution < -0.4 is 5.32 Å². The van der Waals surface area contributed by atoms with Crippen molar-refractivity contribution in [3.63, 3.8) is 0 Å². The topological polar surface area (TPSA) is 45.4 Å². The number of aliphatic hydroxyl groups is 1. The lowest BCUT2D eigenvalue weighted by Crippen LogP contribution is -2.25. The SMILES string of the molecule is OCC1(CNCc2cc(Br)c(Br)o2)CC1. The minimum absolute atomic E-state index is 0.154. The van der Waals surface area contributed by atoms with Crippen LogP contribution in [0.1, 0.15) is 18.6 Å². The van der Waals surface area contributed by atoms with E-state index in [2.05, 4.69) is 37.2 Å². The van der Waals surface area contributed by atoms with Crippen molar-refractivity contribution < 1.29 is 9.52 Å². The molecule has 0 aromatic carbocycles. The van der Waals surface area contributed by atoms with E-state index in [1.165, 1.54) is 0 Å². The molecular formula is C10H13Br2NO2. The van der Waals surface area contributed by atoms with Crippen LogP contribution in [0.4, 0.5) is 0 Å². The van der Waals surface area contributed by atoms with E-state index >= 15 is 0 Å². The van der Waals surface area contributed by atoms with Gasteiger partial charge in [0.25, 0.3) is 0 Å². The Labute approximate surface area is 105 Å². The van der Waals surface area contributed by atoms with E-state index in [4.69, 9.17) is 9.52 Å². The molecular weight excluding hydrogens is 326 g/mol. The molecule has 1 aliphatic rings. The van der Waals surface area contributed by atoms with Crippen molar-refractivity contribution >= 4 is 31.9 Å². The van der Waals surface area contributed by atoms with Crippen LogP contribution in [0.2, 0.25) is 0 Å². The molecule has 0 aliphatic heterocycles. The van der Waals surface area contributed by atoms with Crippen LogP contribution in [0.3, 0.4) is 0 Å². The van der Waals surface area contributed by atoms with Gasteiger partial charge in [-0.25, -0.2) is 0 Å². The Balaban J connectivity index is 1.78. The smallest absolute Gasteiger partial charge is 0.183 e. The highest BCUT2D eigenvalue weighted by Gasteiger charge is 2.41. The number of hydrogen-bond acceptors (Lipinski definition) is 3. The molecule has 84 valence electrons. The highest BCUT2D eigenvalue weighted by atomic mass is 79.9. The third-order valence-corrected chi connectivity index (χ3v) is 4.50. The van der Waals surface area contributed by atoms with Gasteiger partial charge in [0.2, 0.25) is 0 Å². The summed E-state index contributed by atoms with van der Waals surface area (Å²) < 4.78 is 7.09. The molecule has 0 bridgehead atoms. The minimum atomic E-state index is 0.154. The van der Waals surface area contributed by atoms with Crippen LogP contribution in [0.5, 0.6) is 0 Å². The van der Waals surface area contributed by atoms with Crippen LogP contribution in [0, 0.1) is 5.41 Å². The molecule has 0 unspecified atom stereocenters. The van der Waals surface area contributed by atoms with Gasteiger partial charge < -0.3 is 14.8 Å². The fraction of sp³-hybridized carbons (Fsp3) is 0.600. The Bertz CT molecular complexity index is 328. The van der Waals surface area contributed by atoms with Gasteiger partial charge in [-0.3, -0.25) is 0 Å². The molecule has 1 fully saturated rings. The Kier molecular flexibility index (Phi) is 3.55. The van der Waals surface area contributed by atoms with E-state index in [1.54, 1.807) is 0 Å². The van der Waals surface area contributed by atoms with Gasteiger partial charge in [0, 0.05) is 18.6 Å². The zero-order valence-corrected chi connectivity index (χ0v) is 11.4. The summed E-state index contributed by atoms with van der Waals surface area (Å²) >= 11 is 6.66. The van der Waals surface area contributed by atoms with Crippen molar-refractivity contribution in [3.8, 4) is 0 Å². The monoisotopic (exact) mass is 337 g/mol. The van der Waals surface area contributed by atoms with Crippen molar-refractivity contribution in [2.45, 2.75) is 19.4 Å². The summed E-state index contributed by atoms with van der Waals surface area (Å²) in [5.74, 6) is 0.891. The van der Waals surface area contributed by atoms with E-state index in [9.17, 15) is 0 Å². The highest BCUT2D eigenvalue weighted by Crippen LogP contribution is 2.44. The van der Waals surface area contributed by atoms with Gasteiger partial charge in [-0.1, -0.05) is 0 Å². The fourth-order valence-corrected chi connectivity index (χ4v) is 2.16. The Hall–Kier alpha value is 0.160. The van der Waals surface area contributed by atoms with E-state index in [1.807, 2.05) is 6.07 Å². The van der Waals surface area contributed by atoms with E-state index in [-0.39, 0.29) is 12.0 Å². The average Bonchev–Trinajstić information content (AvgIpc) is 2.91. The summed E-state index contributed by atoms with van der Waals surface area (Å²) in [7, 11) is 0. The first-order valence-corrected chi connectivity index (χ1v) is 6.49.